The highest BCUT2D eigenvalue weighted by Crippen LogP contribution is 2.15. The van der Waals surface area contributed by atoms with E-state index in [-0.39, 0.29) is 29.4 Å². The van der Waals surface area contributed by atoms with E-state index < -0.39 is 20.7 Å². The lowest BCUT2D eigenvalue weighted by Gasteiger charge is -2.06. The van der Waals surface area contributed by atoms with Gasteiger partial charge in [0.25, 0.3) is 5.69 Å². The Kier molecular flexibility index (Phi) is 5.87. The number of carbonyl (C=O) groups is 1. The zero-order chi connectivity index (χ0) is 18.4. The summed E-state index contributed by atoms with van der Waals surface area (Å²) in [5.74, 6) is -1.04. The molecule has 0 fully saturated rings. The molecule has 2 aromatic rings. The maximum absolute atomic E-state index is 12.2. The van der Waals surface area contributed by atoms with Crippen LogP contribution < -0.4 is 0 Å². The maximum atomic E-state index is 12.2. The van der Waals surface area contributed by atoms with Crippen molar-refractivity contribution in [3.63, 3.8) is 0 Å². The predicted octanol–water partition coefficient (Wildman–Crippen LogP) is 2.81. The first-order valence-corrected chi connectivity index (χ1v) is 9.11. The zero-order valence-electron chi connectivity index (χ0n) is 13.5. The lowest BCUT2D eigenvalue weighted by Crippen LogP contribution is -2.13. The van der Waals surface area contributed by atoms with E-state index in [9.17, 15) is 23.3 Å². The Labute approximate surface area is 145 Å². The highest BCUT2D eigenvalue weighted by molar-refractivity contribution is 7.91. The van der Waals surface area contributed by atoms with E-state index in [2.05, 4.69) is 0 Å². The van der Waals surface area contributed by atoms with Gasteiger partial charge >= 0.3 is 5.97 Å². The molecule has 0 atom stereocenters. The standard InChI is InChI=1S/C17H17NO6S/c1-13-5-7-16(8-6-13)25(22,23)10-9-17(19)24-12-14-3-2-4-15(11-14)18(20)21/h2-8,11H,9-10,12H2,1H3. The van der Waals surface area contributed by atoms with Gasteiger partial charge in [0.1, 0.15) is 6.61 Å². The van der Waals surface area contributed by atoms with Gasteiger partial charge in [-0.2, -0.15) is 0 Å². The minimum atomic E-state index is -3.56. The van der Waals surface area contributed by atoms with Crippen LogP contribution in [0.4, 0.5) is 5.69 Å². The lowest BCUT2D eigenvalue weighted by molar-refractivity contribution is -0.384. The van der Waals surface area contributed by atoms with Gasteiger partial charge in [-0.1, -0.05) is 29.8 Å². The molecular weight excluding hydrogens is 346 g/mol. The van der Waals surface area contributed by atoms with Gasteiger partial charge in [0.15, 0.2) is 9.84 Å². The molecule has 0 unspecified atom stereocenters. The van der Waals surface area contributed by atoms with E-state index in [0.717, 1.165) is 5.56 Å². The number of rotatable bonds is 7. The number of carbonyl (C=O) groups excluding carboxylic acids is 1. The molecule has 0 N–H and O–H groups in total. The minimum absolute atomic E-state index is 0.101. The fourth-order valence-electron chi connectivity index (χ4n) is 2.08. The highest BCUT2D eigenvalue weighted by atomic mass is 32.2. The summed E-state index contributed by atoms with van der Waals surface area (Å²) in [6.07, 6.45) is -0.287. The third-order valence-corrected chi connectivity index (χ3v) is 5.21. The summed E-state index contributed by atoms with van der Waals surface area (Å²) in [6.45, 7) is 1.70. The molecule has 0 aliphatic heterocycles. The summed E-state index contributed by atoms with van der Waals surface area (Å²) >= 11 is 0. The van der Waals surface area contributed by atoms with E-state index in [4.69, 9.17) is 4.74 Å². The molecule has 0 saturated heterocycles. The SMILES string of the molecule is Cc1ccc(S(=O)(=O)CCC(=O)OCc2cccc([N+](=O)[O-])c2)cc1. The third kappa shape index (κ3) is 5.39. The molecule has 0 spiro atoms. The van der Waals surface area contributed by atoms with E-state index in [1.165, 1.54) is 30.3 Å². The number of nitrogens with zero attached hydrogens (tertiary/aromatic N) is 1. The number of hydrogen-bond donors (Lipinski definition) is 0. The summed E-state index contributed by atoms with van der Waals surface area (Å²) in [6, 6.07) is 12.1. The van der Waals surface area contributed by atoms with Gasteiger partial charge in [0, 0.05) is 12.1 Å². The van der Waals surface area contributed by atoms with E-state index in [1.807, 2.05) is 6.92 Å². The molecule has 0 radical (unpaired) electrons. The van der Waals surface area contributed by atoms with Crippen LogP contribution in [0.15, 0.2) is 53.4 Å². The maximum Gasteiger partial charge on any atom is 0.307 e. The third-order valence-electron chi connectivity index (χ3n) is 3.48. The molecular formula is C17H17NO6S. The van der Waals surface area contributed by atoms with Crippen LogP contribution >= 0.6 is 0 Å². The lowest BCUT2D eigenvalue weighted by atomic mass is 10.2. The Bertz CT molecular complexity index is 874. The molecule has 0 amide bonds. The second kappa shape index (κ2) is 7.89. The van der Waals surface area contributed by atoms with E-state index >= 15 is 0 Å². The molecule has 0 aliphatic carbocycles. The summed E-state index contributed by atoms with van der Waals surface area (Å²) < 4.78 is 29.3. The van der Waals surface area contributed by atoms with E-state index in [0.29, 0.717) is 5.56 Å². The average Bonchev–Trinajstić information content (AvgIpc) is 2.59. The molecule has 2 aromatic carbocycles. The van der Waals surface area contributed by atoms with Crippen molar-refractivity contribution in [2.45, 2.75) is 24.8 Å². The molecule has 2 rings (SSSR count). The molecule has 0 saturated carbocycles. The van der Waals surface area contributed by atoms with Crippen molar-refractivity contribution in [1.82, 2.24) is 0 Å². The second-order valence-electron chi connectivity index (χ2n) is 5.47. The fraction of sp³-hybridized carbons (Fsp3) is 0.235. The minimum Gasteiger partial charge on any atom is -0.461 e. The van der Waals surface area contributed by atoms with Gasteiger partial charge in [-0.25, -0.2) is 8.42 Å². The second-order valence-corrected chi connectivity index (χ2v) is 7.58. The van der Waals surface area contributed by atoms with Crippen LogP contribution in [-0.4, -0.2) is 25.1 Å². The van der Waals surface area contributed by atoms with Crippen molar-refractivity contribution < 1.29 is 22.9 Å². The molecule has 132 valence electrons. The van der Waals surface area contributed by atoms with Crippen molar-refractivity contribution in [2.75, 3.05) is 5.75 Å². The fourth-order valence-corrected chi connectivity index (χ4v) is 3.30. The van der Waals surface area contributed by atoms with Crippen LogP contribution in [0.1, 0.15) is 17.5 Å². The number of hydrogen-bond acceptors (Lipinski definition) is 6. The van der Waals surface area contributed by atoms with Crippen molar-refractivity contribution in [3.8, 4) is 0 Å². The molecule has 0 bridgehead atoms. The van der Waals surface area contributed by atoms with E-state index in [1.54, 1.807) is 18.2 Å². The van der Waals surface area contributed by atoms with Crippen molar-refractivity contribution in [2.24, 2.45) is 0 Å². The van der Waals surface area contributed by atoms with Crippen LogP contribution in [0.2, 0.25) is 0 Å². The number of aryl methyl sites for hydroxylation is 1. The zero-order valence-corrected chi connectivity index (χ0v) is 14.4. The Morgan fingerprint density at radius 1 is 1.16 bits per heavy atom. The van der Waals surface area contributed by atoms with Gasteiger partial charge in [-0.15, -0.1) is 0 Å². The normalized spacial score (nSPS) is 11.1. The summed E-state index contributed by atoms with van der Waals surface area (Å²) in [7, 11) is -3.56. The van der Waals surface area contributed by atoms with Gasteiger partial charge < -0.3 is 4.74 Å². The van der Waals surface area contributed by atoms with Crippen molar-refractivity contribution >= 4 is 21.5 Å². The number of nitro groups is 1. The Morgan fingerprint density at radius 2 is 1.84 bits per heavy atom. The van der Waals surface area contributed by atoms with Crippen molar-refractivity contribution in [1.29, 1.82) is 0 Å². The Morgan fingerprint density at radius 3 is 2.48 bits per heavy atom. The van der Waals surface area contributed by atoms with Gasteiger partial charge in [-0.3, -0.25) is 14.9 Å². The van der Waals surface area contributed by atoms with Crippen LogP contribution in [-0.2, 0) is 26.0 Å². The van der Waals surface area contributed by atoms with Gasteiger partial charge in [-0.05, 0) is 24.6 Å². The number of non-ortho nitro benzene ring substituents is 1. The number of ether oxygens (including phenoxy) is 1. The number of benzene rings is 2. The van der Waals surface area contributed by atoms with Crippen LogP contribution in [0, 0.1) is 17.0 Å². The van der Waals surface area contributed by atoms with Crippen LogP contribution in [0.25, 0.3) is 0 Å². The van der Waals surface area contributed by atoms with Gasteiger partial charge in [0.2, 0.25) is 0 Å². The summed E-state index contributed by atoms with van der Waals surface area (Å²) in [5, 5.41) is 10.7. The number of nitro benzene ring substituents is 1. The molecule has 25 heavy (non-hydrogen) atoms. The number of sulfone groups is 1. The average molecular weight is 363 g/mol. The molecule has 0 aromatic heterocycles. The molecule has 0 heterocycles. The quantitative estimate of drug-likeness (QED) is 0.426. The first-order valence-electron chi connectivity index (χ1n) is 7.46. The number of esters is 1. The summed E-state index contributed by atoms with van der Waals surface area (Å²) in [4.78, 5) is 22.1. The monoisotopic (exact) mass is 363 g/mol. The smallest absolute Gasteiger partial charge is 0.307 e. The first-order chi connectivity index (χ1) is 11.8. The van der Waals surface area contributed by atoms with Crippen LogP contribution in [0.3, 0.4) is 0 Å². The topological polar surface area (TPSA) is 104 Å². The Hall–Kier alpha value is -2.74. The molecule has 7 nitrogen and oxygen atoms in total. The van der Waals surface area contributed by atoms with Gasteiger partial charge in [0.05, 0.1) is 22.0 Å². The molecule has 0 aliphatic rings. The Balaban J connectivity index is 1.89. The predicted molar refractivity (Wildman–Crippen MR) is 90.7 cm³/mol. The highest BCUT2D eigenvalue weighted by Gasteiger charge is 2.17. The summed E-state index contributed by atoms with van der Waals surface area (Å²) in [5.41, 5.74) is 1.30. The largest absolute Gasteiger partial charge is 0.461 e. The van der Waals surface area contributed by atoms with Crippen molar-refractivity contribution in [3.05, 3.63) is 69.8 Å². The van der Waals surface area contributed by atoms with Crippen LogP contribution in [0.5, 0.6) is 0 Å². The first kappa shape index (κ1) is 18.6. The molecule has 8 heteroatoms.